The van der Waals surface area contributed by atoms with Gasteiger partial charge in [0.05, 0.1) is 11.6 Å². The van der Waals surface area contributed by atoms with Gasteiger partial charge in [-0.3, -0.25) is 4.98 Å². The van der Waals surface area contributed by atoms with E-state index in [1.165, 1.54) is 0 Å². The number of fused-ring (bicyclic) bond motifs is 2. The van der Waals surface area contributed by atoms with E-state index in [1.54, 1.807) is 0 Å². The Kier molecular flexibility index (Phi) is 2.84. The number of aromatic nitrogens is 1. The van der Waals surface area contributed by atoms with Crippen molar-refractivity contribution < 1.29 is 0 Å². The Morgan fingerprint density at radius 3 is 2.59 bits per heavy atom. The lowest BCUT2D eigenvalue weighted by Gasteiger charge is -2.10. The first-order valence-electron chi connectivity index (χ1n) is 7.04. The third-order valence-corrected chi connectivity index (χ3v) is 3.94. The molecule has 4 rings (SSSR count). The summed E-state index contributed by atoms with van der Waals surface area (Å²) in [6.07, 6.45) is 3.74. The molecule has 0 bridgehead atoms. The summed E-state index contributed by atoms with van der Waals surface area (Å²) in [5.41, 5.74) is 2.85. The maximum absolute atomic E-state index is 9.30. The van der Waals surface area contributed by atoms with E-state index in [-0.39, 0.29) is 0 Å². The SMILES string of the molecule is N#Cc1ccc(-c2cncc3cc[c]cc23)c2ccccc12. The van der Waals surface area contributed by atoms with Crippen LogP contribution in [0.25, 0.3) is 32.7 Å². The molecule has 2 heteroatoms. The lowest BCUT2D eigenvalue weighted by Crippen LogP contribution is -1.88. The van der Waals surface area contributed by atoms with Gasteiger partial charge in [0.2, 0.25) is 0 Å². The fourth-order valence-electron chi connectivity index (χ4n) is 2.90. The van der Waals surface area contributed by atoms with Gasteiger partial charge in [0.15, 0.2) is 0 Å². The zero-order chi connectivity index (χ0) is 14.9. The summed E-state index contributed by atoms with van der Waals surface area (Å²) in [7, 11) is 0. The van der Waals surface area contributed by atoms with Gasteiger partial charge in [-0.15, -0.1) is 0 Å². The van der Waals surface area contributed by atoms with Gasteiger partial charge < -0.3 is 0 Å². The highest BCUT2D eigenvalue weighted by Gasteiger charge is 2.10. The number of rotatable bonds is 1. The van der Waals surface area contributed by atoms with Crippen LogP contribution >= 0.6 is 0 Å². The monoisotopic (exact) mass is 279 g/mol. The molecule has 1 radical (unpaired) electrons. The van der Waals surface area contributed by atoms with Crippen molar-refractivity contribution in [2.24, 2.45) is 0 Å². The number of hydrogen-bond donors (Lipinski definition) is 0. The minimum atomic E-state index is 0.694. The van der Waals surface area contributed by atoms with E-state index in [4.69, 9.17) is 0 Å². The molecule has 0 aliphatic rings. The Hall–Kier alpha value is -3.18. The van der Waals surface area contributed by atoms with Gasteiger partial charge in [-0.1, -0.05) is 42.5 Å². The molecule has 0 saturated heterocycles. The van der Waals surface area contributed by atoms with E-state index >= 15 is 0 Å². The smallest absolute Gasteiger partial charge is 0.0998 e. The van der Waals surface area contributed by atoms with Crippen molar-refractivity contribution in [3.05, 3.63) is 78.6 Å². The largest absolute Gasteiger partial charge is 0.263 e. The number of pyridine rings is 1. The molecule has 101 valence electrons. The standard InChI is InChI=1S/C20H11N2/c21-11-14-9-10-19(18-8-4-3-6-16(14)18)20-13-22-12-15-5-1-2-7-17(15)20/h1,3-10,12-13H. The second kappa shape index (κ2) is 4.98. The van der Waals surface area contributed by atoms with Crippen LogP contribution in [-0.2, 0) is 0 Å². The van der Waals surface area contributed by atoms with Crippen LogP contribution in [-0.4, -0.2) is 4.98 Å². The summed E-state index contributed by atoms with van der Waals surface area (Å²) >= 11 is 0. The predicted octanol–water partition coefficient (Wildman–Crippen LogP) is 4.73. The Bertz CT molecular complexity index is 1040. The summed E-state index contributed by atoms with van der Waals surface area (Å²) in [4.78, 5) is 4.36. The first-order chi connectivity index (χ1) is 10.9. The number of nitriles is 1. The van der Waals surface area contributed by atoms with Crippen molar-refractivity contribution in [1.29, 1.82) is 5.26 Å². The summed E-state index contributed by atoms with van der Waals surface area (Å²) in [5, 5.41) is 13.5. The molecule has 1 heterocycles. The van der Waals surface area contributed by atoms with Gasteiger partial charge in [0.25, 0.3) is 0 Å². The quantitative estimate of drug-likeness (QED) is 0.505. The van der Waals surface area contributed by atoms with E-state index in [9.17, 15) is 5.26 Å². The maximum atomic E-state index is 9.30. The lowest BCUT2D eigenvalue weighted by atomic mass is 9.94. The van der Waals surface area contributed by atoms with Crippen molar-refractivity contribution in [1.82, 2.24) is 4.98 Å². The maximum Gasteiger partial charge on any atom is 0.0998 e. The number of nitrogens with zero attached hydrogens (tertiary/aromatic N) is 2. The van der Waals surface area contributed by atoms with Crippen molar-refractivity contribution in [2.75, 3.05) is 0 Å². The Morgan fingerprint density at radius 1 is 0.864 bits per heavy atom. The second-order valence-electron chi connectivity index (χ2n) is 5.15. The summed E-state index contributed by atoms with van der Waals surface area (Å²) in [6.45, 7) is 0. The van der Waals surface area contributed by atoms with Crippen LogP contribution in [0.5, 0.6) is 0 Å². The minimum Gasteiger partial charge on any atom is -0.263 e. The van der Waals surface area contributed by atoms with Gasteiger partial charge in [0.1, 0.15) is 0 Å². The summed E-state index contributed by atoms with van der Waals surface area (Å²) in [5.74, 6) is 0. The highest BCUT2D eigenvalue weighted by atomic mass is 14.6. The molecule has 0 spiro atoms. The van der Waals surface area contributed by atoms with Crippen molar-refractivity contribution in [3.8, 4) is 17.2 Å². The van der Waals surface area contributed by atoms with Gasteiger partial charge in [0, 0.05) is 28.7 Å². The first kappa shape index (κ1) is 12.6. The molecule has 0 amide bonds. The van der Waals surface area contributed by atoms with E-state index in [0.717, 1.165) is 32.7 Å². The third kappa shape index (κ3) is 1.84. The van der Waals surface area contributed by atoms with E-state index < -0.39 is 0 Å². The van der Waals surface area contributed by atoms with E-state index in [1.807, 2.05) is 60.9 Å². The molecule has 0 aliphatic heterocycles. The average Bonchev–Trinajstić information content (AvgIpc) is 2.60. The minimum absolute atomic E-state index is 0.694. The molecular weight excluding hydrogens is 268 g/mol. The van der Waals surface area contributed by atoms with Gasteiger partial charge in [-0.05, 0) is 34.5 Å². The molecule has 1 aromatic heterocycles. The molecule has 4 aromatic rings. The molecule has 0 saturated carbocycles. The third-order valence-electron chi connectivity index (χ3n) is 3.94. The van der Waals surface area contributed by atoms with Gasteiger partial charge in [-0.25, -0.2) is 0 Å². The van der Waals surface area contributed by atoms with Crippen molar-refractivity contribution >= 4 is 21.5 Å². The fourth-order valence-corrected chi connectivity index (χ4v) is 2.90. The Labute approximate surface area is 128 Å². The molecule has 0 fully saturated rings. The average molecular weight is 279 g/mol. The van der Waals surface area contributed by atoms with Crippen LogP contribution in [0.15, 0.2) is 67.0 Å². The Morgan fingerprint density at radius 2 is 1.73 bits per heavy atom. The lowest BCUT2D eigenvalue weighted by molar-refractivity contribution is 1.36. The highest BCUT2D eigenvalue weighted by molar-refractivity contribution is 6.06. The molecule has 0 unspecified atom stereocenters. The van der Waals surface area contributed by atoms with E-state index in [0.29, 0.717) is 5.56 Å². The van der Waals surface area contributed by atoms with Gasteiger partial charge >= 0.3 is 0 Å². The molecule has 3 aromatic carbocycles. The van der Waals surface area contributed by atoms with Crippen LogP contribution in [0.4, 0.5) is 0 Å². The predicted molar refractivity (Wildman–Crippen MR) is 88.2 cm³/mol. The molecule has 0 N–H and O–H groups in total. The highest BCUT2D eigenvalue weighted by Crippen LogP contribution is 2.34. The summed E-state index contributed by atoms with van der Waals surface area (Å²) < 4.78 is 0. The fraction of sp³-hybridized carbons (Fsp3) is 0. The van der Waals surface area contributed by atoms with Crippen LogP contribution in [0.1, 0.15) is 5.56 Å². The van der Waals surface area contributed by atoms with Crippen molar-refractivity contribution in [3.63, 3.8) is 0 Å². The topological polar surface area (TPSA) is 36.7 Å². The first-order valence-corrected chi connectivity index (χ1v) is 7.04. The van der Waals surface area contributed by atoms with Crippen molar-refractivity contribution in [2.45, 2.75) is 0 Å². The number of benzene rings is 3. The van der Waals surface area contributed by atoms with E-state index in [2.05, 4.69) is 23.2 Å². The molecule has 0 atom stereocenters. The Balaban J connectivity index is 2.12. The van der Waals surface area contributed by atoms with Crippen LogP contribution in [0.2, 0.25) is 0 Å². The van der Waals surface area contributed by atoms with Crippen LogP contribution < -0.4 is 0 Å². The molecule has 0 aliphatic carbocycles. The van der Waals surface area contributed by atoms with Crippen LogP contribution in [0.3, 0.4) is 0 Å². The summed E-state index contributed by atoms with van der Waals surface area (Å²) in [6, 6.07) is 23.2. The number of hydrogen-bond acceptors (Lipinski definition) is 2. The molecule has 2 nitrogen and oxygen atoms in total. The zero-order valence-electron chi connectivity index (χ0n) is 11.7. The van der Waals surface area contributed by atoms with Gasteiger partial charge in [-0.2, -0.15) is 5.26 Å². The zero-order valence-corrected chi connectivity index (χ0v) is 11.7. The second-order valence-corrected chi connectivity index (χ2v) is 5.15. The molecular formula is C20H11N2. The molecule has 22 heavy (non-hydrogen) atoms. The van der Waals surface area contributed by atoms with Crippen LogP contribution in [0, 0.1) is 17.4 Å². The normalized spacial score (nSPS) is 10.7.